The highest BCUT2D eigenvalue weighted by Gasteiger charge is 2.27. The summed E-state index contributed by atoms with van der Waals surface area (Å²) in [6, 6.07) is 6.34. The van der Waals surface area contributed by atoms with Gasteiger partial charge in [-0.3, -0.25) is 14.8 Å². The van der Waals surface area contributed by atoms with Crippen LogP contribution >= 0.6 is 0 Å². The molecule has 0 bridgehead atoms. The van der Waals surface area contributed by atoms with Crippen LogP contribution in [0.4, 0.5) is 11.5 Å². The van der Waals surface area contributed by atoms with Crippen LogP contribution in [0.3, 0.4) is 0 Å². The standard InChI is InChI=1S/C14H16N4O3/c1-17-14(15)12(13(16-17)11-3-2-8-21-11)9-4-6-10(7-5-9)18(19)20/h4-7,11H,2-3,8,15H2,1H3. The second-order valence-electron chi connectivity index (χ2n) is 5.07. The number of non-ortho nitro benzene ring substituents is 1. The molecule has 110 valence electrons. The van der Waals surface area contributed by atoms with Gasteiger partial charge in [-0.15, -0.1) is 0 Å². The van der Waals surface area contributed by atoms with Crippen molar-refractivity contribution in [3.8, 4) is 11.1 Å². The number of hydrogen-bond acceptors (Lipinski definition) is 5. The first kappa shape index (κ1) is 13.6. The average molecular weight is 288 g/mol. The Bertz CT molecular complexity index is 672. The molecule has 1 aromatic carbocycles. The number of nitrogen functional groups attached to an aromatic ring is 1. The summed E-state index contributed by atoms with van der Waals surface area (Å²) < 4.78 is 7.31. The van der Waals surface area contributed by atoms with Crippen molar-refractivity contribution >= 4 is 11.5 Å². The second-order valence-corrected chi connectivity index (χ2v) is 5.07. The van der Waals surface area contributed by atoms with E-state index < -0.39 is 4.92 Å². The summed E-state index contributed by atoms with van der Waals surface area (Å²) in [5.41, 5.74) is 8.60. The van der Waals surface area contributed by atoms with Gasteiger partial charge in [0.05, 0.1) is 4.92 Å². The minimum absolute atomic E-state index is 0.0554. The van der Waals surface area contributed by atoms with E-state index in [0.29, 0.717) is 5.82 Å². The molecule has 1 atom stereocenters. The highest BCUT2D eigenvalue weighted by atomic mass is 16.6. The van der Waals surface area contributed by atoms with Gasteiger partial charge in [0.1, 0.15) is 17.6 Å². The monoisotopic (exact) mass is 288 g/mol. The summed E-state index contributed by atoms with van der Waals surface area (Å²) in [6.45, 7) is 0.723. The number of aromatic nitrogens is 2. The summed E-state index contributed by atoms with van der Waals surface area (Å²) in [4.78, 5) is 10.3. The van der Waals surface area contributed by atoms with Crippen molar-refractivity contribution < 1.29 is 9.66 Å². The molecule has 0 aliphatic carbocycles. The van der Waals surface area contributed by atoms with E-state index in [1.807, 2.05) is 0 Å². The van der Waals surface area contributed by atoms with Crippen molar-refractivity contribution in [2.24, 2.45) is 7.05 Å². The molecule has 1 aliphatic heterocycles. The molecule has 2 aromatic rings. The van der Waals surface area contributed by atoms with Crippen LogP contribution in [0.1, 0.15) is 24.6 Å². The predicted octanol–water partition coefficient (Wildman–Crippen LogP) is 2.43. The molecule has 2 N–H and O–H groups in total. The van der Waals surface area contributed by atoms with Crippen molar-refractivity contribution in [3.63, 3.8) is 0 Å². The lowest BCUT2D eigenvalue weighted by Crippen LogP contribution is -2.00. The first-order valence-electron chi connectivity index (χ1n) is 6.76. The molecular formula is C14H16N4O3. The van der Waals surface area contributed by atoms with E-state index in [2.05, 4.69) is 5.10 Å². The molecule has 0 saturated carbocycles. The summed E-state index contributed by atoms with van der Waals surface area (Å²) in [5, 5.41) is 15.2. The first-order valence-corrected chi connectivity index (χ1v) is 6.76. The third-order valence-corrected chi connectivity index (χ3v) is 3.72. The molecule has 7 heteroatoms. The zero-order valence-electron chi connectivity index (χ0n) is 11.7. The molecule has 1 saturated heterocycles. The fraction of sp³-hybridized carbons (Fsp3) is 0.357. The Hall–Kier alpha value is -2.41. The Labute approximate surface area is 121 Å². The predicted molar refractivity (Wildman–Crippen MR) is 77.6 cm³/mol. The molecule has 21 heavy (non-hydrogen) atoms. The maximum atomic E-state index is 10.7. The molecule has 1 aromatic heterocycles. The van der Waals surface area contributed by atoms with Crippen LogP contribution in [0.15, 0.2) is 24.3 Å². The van der Waals surface area contributed by atoms with Crippen molar-refractivity contribution in [1.82, 2.24) is 9.78 Å². The molecule has 3 rings (SSSR count). The van der Waals surface area contributed by atoms with Gasteiger partial charge in [0.25, 0.3) is 5.69 Å². The topological polar surface area (TPSA) is 96.2 Å². The molecule has 2 heterocycles. The van der Waals surface area contributed by atoms with E-state index in [0.717, 1.165) is 36.3 Å². The zero-order valence-corrected chi connectivity index (χ0v) is 11.7. The normalized spacial score (nSPS) is 18.0. The Morgan fingerprint density at radius 3 is 2.71 bits per heavy atom. The van der Waals surface area contributed by atoms with E-state index in [-0.39, 0.29) is 11.8 Å². The van der Waals surface area contributed by atoms with Crippen LogP contribution in [0, 0.1) is 10.1 Å². The molecule has 7 nitrogen and oxygen atoms in total. The van der Waals surface area contributed by atoms with Gasteiger partial charge >= 0.3 is 0 Å². The molecule has 0 radical (unpaired) electrons. The lowest BCUT2D eigenvalue weighted by atomic mass is 10.0. The van der Waals surface area contributed by atoms with E-state index in [9.17, 15) is 10.1 Å². The summed E-state index contributed by atoms with van der Waals surface area (Å²) in [5.74, 6) is 0.536. The first-order chi connectivity index (χ1) is 10.1. The number of nitro benzene ring substituents is 1. The average Bonchev–Trinajstić information content (AvgIpc) is 3.09. The highest BCUT2D eigenvalue weighted by molar-refractivity contribution is 5.77. The smallest absolute Gasteiger partial charge is 0.269 e. The third-order valence-electron chi connectivity index (χ3n) is 3.72. The number of nitrogens with zero attached hydrogens (tertiary/aromatic N) is 3. The second kappa shape index (κ2) is 5.17. The van der Waals surface area contributed by atoms with Crippen LogP contribution in [0.25, 0.3) is 11.1 Å². The Morgan fingerprint density at radius 1 is 1.43 bits per heavy atom. The summed E-state index contributed by atoms with van der Waals surface area (Å²) in [6.07, 6.45) is 1.86. The molecule has 0 amide bonds. The largest absolute Gasteiger partial charge is 0.383 e. The minimum Gasteiger partial charge on any atom is -0.383 e. The van der Waals surface area contributed by atoms with Crippen LogP contribution < -0.4 is 5.73 Å². The van der Waals surface area contributed by atoms with Gasteiger partial charge in [0, 0.05) is 31.4 Å². The lowest BCUT2D eigenvalue weighted by molar-refractivity contribution is -0.384. The fourth-order valence-corrected chi connectivity index (χ4v) is 2.62. The lowest BCUT2D eigenvalue weighted by Gasteiger charge is -2.09. The number of hydrogen-bond donors (Lipinski definition) is 1. The van der Waals surface area contributed by atoms with Gasteiger partial charge in [-0.25, -0.2) is 0 Å². The van der Waals surface area contributed by atoms with Crippen LogP contribution in [0.2, 0.25) is 0 Å². The molecular weight excluding hydrogens is 272 g/mol. The van der Waals surface area contributed by atoms with E-state index in [4.69, 9.17) is 10.5 Å². The quantitative estimate of drug-likeness (QED) is 0.691. The van der Waals surface area contributed by atoms with E-state index >= 15 is 0 Å². The van der Waals surface area contributed by atoms with Gasteiger partial charge < -0.3 is 10.5 Å². The zero-order chi connectivity index (χ0) is 15.0. The fourth-order valence-electron chi connectivity index (χ4n) is 2.62. The molecule has 1 unspecified atom stereocenters. The number of aryl methyl sites for hydroxylation is 1. The number of ether oxygens (including phenoxy) is 1. The third kappa shape index (κ3) is 2.36. The number of rotatable bonds is 3. The summed E-state index contributed by atoms with van der Waals surface area (Å²) >= 11 is 0. The SMILES string of the molecule is Cn1nc(C2CCCO2)c(-c2ccc([N+](=O)[O-])cc2)c1N. The van der Waals surface area contributed by atoms with Gasteiger partial charge in [-0.2, -0.15) is 5.10 Å². The molecule has 1 fully saturated rings. The molecule has 0 spiro atoms. The molecule has 1 aliphatic rings. The Kier molecular flexibility index (Phi) is 3.34. The van der Waals surface area contributed by atoms with Crippen LogP contribution in [0.5, 0.6) is 0 Å². The van der Waals surface area contributed by atoms with Gasteiger partial charge in [-0.05, 0) is 30.5 Å². The van der Waals surface area contributed by atoms with Crippen LogP contribution in [-0.4, -0.2) is 21.3 Å². The highest BCUT2D eigenvalue weighted by Crippen LogP contribution is 2.38. The number of anilines is 1. The van der Waals surface area contributed by atoms with Crippen molar-refractivity contribution in [2.75, 3.05) is 12.3 Å². The van der Waals surface area contributed by atoms with Crippen molar-refractivity contribution in [2.45, 2.75) is 18.9 Å². The number of benzene rings is 1. The summed E-state index contributed by atoms with van der Waals surface area (Å²) in [7, 11) is 1.78. The van der Waals surface area contributed by atoms with Crippen molar-refractivity contribution in [1.29, 1.82) is 0 Å². The van der Waals surface area contributed by atoms with Crippen molar-refractivity contribution in [3.05, 3.63) is 40.1 Å². The maximum absolute atomic E-state index is 10.7. The maximum Gasteiger partial charge on any atom is 0.269 e. The number of nitrogens with two attached hydrogens (primary N) is 1. The number of nitro groups is 1. The van der Waals surface area contributed by atoms with Gasteiger partial charge in [-0.1, -0.05) is 0 Å². The van der Waals surface area contributed by atoms with Gasteiger partial charge in [0.15, 0.2) is 0 Å². The Morgan fingerprint density at radius 2 is 2.14 bits per heavy atom. The van der Waals surface area contributed by atoms with Crippen LogP contribution in [-0.2, 0) is 11.8 Å². The van der Waals surface area contributed by atoms with E-state index in [1.165, 1.54) is 12.1 Å². The van der Waals surface area contributed by atoms with E-state index in [1.54, 1.807) is 23.9 Å². The Balaban J connectivity index is 2.06. The van der Waals surface area contributed by atoms with Gasteiger partial charge in [0.2, 0.25) is 0 Å². The minimum atomic E-state index is -0.419.